The zero-order valence-electron chi connectivity index (χ0n) is 19.9. The number of hydrogen-bond acceptors (Lipinski definition) is 6. The largest absolute Gasteiger partial charge is 0.492 e. The molecular formula is C28H25N5O4. The van der Waals surface area contributed by atoms with Gasteiger partial charge < -0.3 is 25.2 Å². The van der Waals surface area contributed by atoms with Crippen LogP contribution in [0.25, 0.3) is 11.0 Å². The minimum absolute atomic E-state index is 0.242. The van der Waals surface area contributed by atoms with Crippen LogP contribution in [0.1, 0.15) is 21.7 Å². The number of rotatable bonds is 10. The number of para-hydroxylation sites is 2. The third-order valence-corrected chi connectivity index (χ3v) is 5.83. The summed E-state index contributed by atoms with van der Waals surface area (Å²) in [5.41, 5.74) is 9.15. The summed E-state index contributed by atoms with van der Waals surface area (Å²) in [6.45, 7) is 0.531. The smallest absolute Gasteiger partial charge is 0.255 e. The van der Waals surface area contributed by atoms with Crippen LogP contribution >= 0.6 is 0 Å². The summed E-state index contributed by atoms with van der Waals surface area (Å²) in [6, 6.07) is 21.6. The van der Waals surface area contributed by atoms with Gasteiger partial charge in [0, 0.05) is 35.8 Å². The van der Waals surface area contributed by atoms with Crippen molar-refractivity contribution in [2.75, 3.05) is 29.1 Å². The first-order valence-corrected chi connectivity index (χ1v) is 11.7. The lowest BCUT2D eigenvalue weighted by molar-refractivity contribution is -0.107. The van der Waals surface area contributed by atoms with Gasteiger partial charge in [0.25, 0.3) is 5.91 Å². The number of carbonyl (C=O) groups excluding carboxylic acids is 2. The van der Waals surface area contributed by atoms with E-state index in [2.05, 4.69) is 15.3 Å². The van der Waals surface area contributed by atoms with Crippen molar-refractivity contribution in [1.29, 1.82) is 0 Å². The second kappa shape index (κ2) is 10.7. The Labute approximate surface area is 212 Å². The van der Waals surface area contributed by atoms with Crippen molar-refractivity contribution in [2.45, 2.75) is 6.42 Å². The Balaban J connectivity index is 1.17. The summed E-state index contributed by atoms with van der Waals surface area (Å²) in [5.74, 6) is 1.62. The summed E-state index contributed by atoms with van der Waals surface area (Å²) in [5, 5.41) is 3.69. The Bertz CT molecular complexity index is 1510. The Morgan fingerprint density at radius 1 is 1.11 bits per heavy atom. The summed E-state index contributed by atoms with van der Waals surface area (Å²) < 4.78 is 11.7. The van der Waals surface area contributed by atoms with Crippen LogP contribution in [0.15, 0.2) is 89.6 Å². The predicted molar refractivity (Wildman–Crippen MR) is 142 cm³/mol. The van der Waals surface area contributed by atoms with Crippen LogP contribution in [-0.2, 0) is 11.2 Å². The van der Waals surface area contributed by atoms with Gasteiger partial charge in [0.2, 0.25) is 12.3 Å². The normalized spacial score (nSPS) is 10.8. The standard InChI is InChI=1S/C28H25N5O4/c29-23-3-1-2-4-24(23)32-28(35)20-7-9-22(10-8-20)36-14-13-33(18-34)27-17-21-6-5-19(15-25(21)37-27)16-26-30-11-12-31-26/h1-12,15,17-18H,13-14,16,29H2,(H,30,31)(H,32,35). The monoisotopic (exact) mass is 495 g/mol. The highest BCUT2D eigenvalue weighted by atomic mass is 16.5. The van der Waals surface area contributed by atoms with Crippen molar-refractivity contribution in [3.63, 3.8) is 0 Å². The van der Waals surface area contributed by atoms with E-state index in [4.69, 9.17) is 14.9 Å². The van der Waals surface area contributed by atoms with Gasteiger partial charge in [0.05, 0.1) is 17.9 Å². The number of nitrogens with two attached hydrogens (primary N) is 1. The van der Waals surface area contributed by atoms with E-state index in [9.17, 15) is 9.59 Å². The first-order chi connectivity index (χ1) is 18.1. The first kappa shape index (κ1) is 23.7. The maximum atomic E-state index is 12.5. The SMILES string of the molecule is Nc1ccccc1NC(=O)c1ccc(OCCN(C=O)c2cc3ccc(Cc4ncc[nH]4)cc3o2)cc1. The van der Waals surface area contributed by atoms with E-state index in [0.717, 1.165) is 16.8 Å². The molecule has 5 aromatic rings. The van der Waals surface area contributed by atoms with Gasteiger partial charge in [-0.15, -0.1) is 0 Å². The number of nitrogens with one attached hydrogen (secondary N) is 2. The van der Waals surface area contributed by atoms with E-state index in [1.807, 2.05) is 24.3 Å². The maximum absolute atomic E-state index is 12.5. The number of fused-ring (bicyclic) bond motifs is 1. The van der Waals surface area contributed by atoms with Crippen LogP contribution in [0.4, 0.5) is 17.3 Å². The molecule has 4 N–H and O–H groups in total. The minimum atomic E-state index is -0.270. The molecule has 0 bridgehead atoms. The molecule has 2 heterocycles. The fourth-order valence-electron chi connectivity index (χ4n) is 3.89. The average Bonchev–Trinajstić information content (AvgIpc) is 3.58. The van der Waals surface area contributed by atoms with E-state index in [0.29, 0.717) is 47.0 Å². The molecule has 5 rings (SSSR count). The summed E-state index contributed by atoms with van der Waals surface area (Å²) >= 11 is 0. The molecule has 3 aromatic carbocycles. The lowest BCUT2D eigenvalue weighted by Crippen LogP contribution is -2.26. The zero-order chi connectivity index (χ0) is 25.6. The molecule has 0 aliphatic carbocycles. The Morgan fingerprint density at radius 2 is 1.95 bits per heavy atom. The molecule has 0 aliphatic heterocycles. The number of aromatic nitrogens is 2. The molecule has 0 fully saturated rings. The Kier molecular flexibility index (Phi) is 6.84. The summed E-state index contributed by atoms with van der Waals surface area (Å²) in [7, 11) is 0. The van der Waals surface area contributed by atoms with E-state index >= 15 is 0 Å². The first-order valence-electron chi connectivity index (χ1n) is 11.7. The zero-order valence-corrected chi connectivity index (χ0v) is 19.9. The van der Waals surface area contributed by atoms with E-state index in [1.165, 1.54) is 4.90 Å². The van der Waals surface area contributed by atoms with Crippen LogP contribution in [0.5, 0.6) is 5.75 Å². The number of nitrogens with zero attached hydrogens (tertiary/aromatic N) is 2. The number of imidazole rings is 1. The molecule has 2 aromatic heterocycles. The maximum Gasteiger partial charge on any atom is 0.255 e. The second-order valence-electron chi connectivity index (χ2n) is 8.38. The van der Waals surface area contributed by atoms with Gasteiger partial charge in [0.15, 0.2) is 0 Å². The number of benzene rings is 3. The van der Waals surface area contributed by atoms with Gasteiger partial charge in [-0.05, 0) is 48.0 Å². The van der Waals surface area contributed by atoms with Gasteiger partial charge in [0.1, 0.15) is 23.8 Å². The van der Waals surface area contributed by atoms with Crippen LogP contribution in [0.3, 0.4) is 0 Å². The van der Waals surface area contributed by atoms with Crippen molar-refractivity contribution < 1.29 is 18.7 Å². The molecule has 0 spiro atoms. The number of aromatic amines is 1. The van der Waals surface area contributed by atoms with Crippen molar-refractivity contribution in [2.24, 2.45) is 0 Å². The van der Waals surface area contributed by atoms with Gasteiger partial charge in [-0.25, -0.2) is 4.98 Å². The number of furan rings is 1. The molecule has 9 nitrogen and oxygen atoms in total. The summed E-state index contributed by atoms with van der Waals surface area (Å²) in [4.78, 5) is 33.0. The third-order valence-electron chi connectivity index (χ3n) is 5.83. The quantitative estimate of drug-likeness (QED) is 0.192. The van der Waals surface area contributed by atoms with E-state index < -0.39 is 0 Å². The number of carbonyl (C=O) groups is 2. The van der Waals surface area contributed by atoms with Crippen molar-refractivity contribution in [3.8, 4) is 5.75 Å². The average molecular weight is 496 g/mol. The second-order valence-corrected chi connectivity index (χ2v) is 8.38. The molecule has 0 saturated carbocycles. The van der Waals surface area contributed by atoms with Crippen LogP contribution < -0.4 is 20.7 Å². The fourth-order valence-corrected chi connectivity index (χ4v) is 3.89. The molecule has 2 amide bonds. The number of amides is 2. The van der Waals surface area contributed by atoms with E-state index in [-0.39, 0.29) is 19.1 Å². The minimum Gasteiger partial charge on any atom is -0.492 e. The van der Waals surface area contributed by atoms with Crippen LogP contribution in [0.2, 0.25) is 0 Å². The van der Waals surface area contributed by atoms with Gasteiger partial charge in [-0.2, -0.15) is 0 Å². The Morgan fingerprint density at radius 3 is 2.70 bits per heavy atom. The molecule has 0 saturated heterocycles. The topological polar surface area (TPSA) is 126 Å². The van der Waals surface area contributed by atoms with Crippen molar-refractivity contribution in [3.05, 3.63) is 102 Å². The molecule has 0 aliphatic rings. The highest BCUT2D eigenvalue weighted by Gasteiger charge is 2.13. The lowest BCUT2D eigenvalue weighted by Gasteiger charge is -2.14. The highest BCUT2D eigenvalue weighted by Crippen LogP contribution is 2.27. The van der Waals surface area contributed by atoms with Gasteiger partial charge in [-0.3, -0.25) is 14.5 Å². The molecular weight excluding hydrogens is 470 g/mol. The fraction of sp³-hybridized carbons (Fsp3) is 0.107. The lowest BCUT2D eigenvalue weighted by atomic mass is 10.1. The number of hydrogen-bond donors (Lipinski definition) is 3. The highest BCUT2D eigenvalue weighted by molar-refractivity contribution is 6.05. The molecule has 37 heavy (non-hydrogen) atoms. The van der Waals surface area contributed by atoms with Gasteiger partial charge >= 0.3 is 0 Å². The van der Waals surface area contributed by atoms with E-state index in [1.54, 1.807) is 60.9 Å². The number of H-pyrrole nitrogens is 1. The molecule has 0 radical (unpaired) electrons. The van der Waals surface area contributed by atoms with Crippen molar-refractivity contribution >= 4 is 40.5 Å². The number of anilines is 3. The Hall–Kier alpha value is -5.05. The van der Waals surface area contributed by atoms with Crippen LogP contribution in [0, 0.1) is 0 Å². The molecule has 0 atom stereocenters. The van der Waals surface area contributed by atoms with Crippen molar-refractivity contribution in [1.82, 2.24) is 9.97 Å². The molecule has 9 heteroatoms. The number of nitrogen functional groups attached to an aromatic ring is 1. The summed E-state index contributed by atoms with van der Waals surface area (Å²) in [6.07, 6.45) is 4.88. The van der Waals surface area contributed by atoms with Gasteiger partial charge in [-0.1, -0.05) is 24.3 Å². The molecule has 186 valence electrons. The third kappa shape index (κ3) is 5.62. The number of ether oxygens (including phenoxy) is 1. The van der Waals surface area contributed by atoms with Crippen LogP contribution in [-0.4, -0.2) is 35.4 Å². The predicted octanol–water partition coefficient (Wildman–Crippen LogP) is 4.62. The molecule has 0 unspecified atom stereocenters.